The Kier molecular flexibility index (Phi) is 4.37. The Morgan fingerprint density at radius 2 is 1.95 bits per heavy atom. The largest absolute Gasteiger partial charge is 0.351 e. The molecule has 5 heteroatoms. The van der Waals surface area contributed by atoms with Gasteiger partial charge < -0.3 is 15.5 Å². The van der Waals surface area contributed by atoms with E-state index in [2.05, 4.69) is 7.05 Å². The molecule has 3 N–H and O–H groups in total. The highest BCUT2D eigenvalue weighted by molar-refractivity contribution is 5.72. The normalized spacial score (nSPS) is 23.1. The molecular formula is C14H21FN3O+. The van der Waals surface area contributed by atoms with Crippen molar-refractivity contribution in [2.45, 2.75) is 25.4 Å². The Morgan fingerprint density at radius 3 is 2.47 bits per heavy atom. The number of urea groups is 1. The van der Waals surface area contributed by atoms with Gasteiger partial charge in [-0.25, -0.2) is 9.18 Å². The molecular weight excluding hydrogens is 245 g/mol. The fraction of sp³-hybridized carbons (Fsp3) is 0.500. The van der Waals surface area contributed by atoms with Gasteiger partial charge >= 0.3 is 6.03 Å². The number of likely N-dealkylation sites (tertiary alicyclic amines) is 1. The fourth-order valence-electron chi connectivity index (χ4n) is 2.58. The molecule has 0 aliphatic carbocycles. The van der Waals surface area contributed by atoms with E-state index in [1.165, 1.54) is 17.0 Å². The third-order valence-electron chi connectivity index (χ3n) is 3.80. The first-order chi connectivity index (χ1) is 9.06. The molecule has 1 aromatic rings. The summed E-state index contributed by atoms with van der Waals surface area (Å²) in [6, 6.07) is 6.03. The highest BCUT2D eigenvalue weighted by atomic mass is 19.1. The van der Waals surface area contributed by atoms with Crippen LogP contribution in [0.5, 0.6) is 0 Å². The van der Waals surface area contributed by atoms with Crippen molar-refractivity contribution in [3.05, 3.63) is 35.6 Å². The lowest BCUT2D eigenvalue weighted by atomic mass is 10.0. The summed E-state index contributed by atoms with van der Waals surface area (Å²) in [5, 5.41) is 0. The maximum atomic E-state index is 12.9. The number of rotatable bonds is 3. The van der Waals surface area contributed by atoms with Gasteiger partial charge in [-0.3, -0.25) is 0 Å². The Morgan fingerprint density at radius 1 is 1.37 bits per heavy atom. The van der Waals surface area contributed by atoms with Gasteiger partial charge in [0.05, 0.1) is 20.1 Å². The molecule has 0 saturated carbocycles. The molecule has 1 saturated heterocycles. The van der Waals surface area contributed by atoms with Crippen LogP contribution in [0.1, 0.15) is 18.4 Å². The monoisotopic (exact) mass is 266 g/mol. The third kappa shape index (κ3) is 3.67. The molecule has 0 spiro atoms. The molecule has 0 aromatic heterocycles. The lowest BCUT2D eigenvalue weighted by Gasteiger charge is -2.34. The van der Waals surface area contributed by atoms with E-state index in [4.69, 9.17) is 5.73 Å². The number of benzene rings is 1. The number of piperidine rings is 1. The minimum atomic E-state index is -0.395. The molecule has 2 rings (SSSR count). The lowest BCUT2D eigenvalue weighted by molar-refractivity contribution is -0.885. The van der Waals surface area contributed by atoms with Crippen LogP contribution >= 0.6 is 0 Å². The predicted octanol–water partition coefficient (Wildman–Crippen LogP) is 0.384. The summed E-state index contributed by atoms with van der Waals surface area (Å²) in [5.74, 6) is -0.266. The van der Waals surface area contributed by atoms with Crippen LogP contribution in [0.15, 0.2) is 24.3 Å². The molecule has 0 bridgehead atoms. The van der Waals surface area contributed by atoms with Crippen molar-refractivity contribution in [2.24, 2.45) is 5.73 Å². The molecule has 0 radical (unpaired) electrons. The van der Waals surface area contributed by atoms with Crippen molar-refractivity contribution in [1.29, 1.82) is 0 Å². The molecule has 1 heterocycles. The molecule has 104 valence electrons. The number of hydrogen-bond donors (Lipinski definition) is 2. The molecule has 4 nitrogen and oxygen atoms in total. The van der Waals surface area contributed by atoms with E-state index in [1.54, 1.807) is 17.0 Å². The number of quaternary nitrogens is 1. The summed E-state index contributed by atoms with van der Waals surface area (Å²) in [7, 11) is 2.16. The Labute approximate surface area is 113 Å². The van der Waals surface area contributed by atoms with Gasteiger partial charge in [-0.05, 0) is 17.7 Å². The van der Waals surface area contributed by atoms with E-state index < -0.39 is 6.03 Å². The van der Waals surface area contributed by atoms with Crippen LogP contribution in [0.4, 0.5) is 9.18 Å². The third-order valence-corrected chi connectivity index (χ3v) is 3.80. The molecule has 19 heavy (non-hydrogen) atoms. The van der Waals surface area contributed by atoms with Gasteiger partial charge in [0, 0.05) is 25.4 Å². The molecule has 0 atom stereocenters. The van der Waals surface area contributed by atoms with E-state index in [-0.39, 0.29) is 11.9 Å². The van der Waals surface area contributed by atoms with Crippen LogP contribution in [0.25, 0.3) is 0 Å². The van der Waals surface area contributed by atoms with Crippen molar-refractivity contribution in [2.75, 3.05) is 20.1 Å². The van der Waals surface area contributed by atoms with Crippen LogP contribution in [-0.2, 0) is 6.54 Å². The Bertz CT molecular complexity index is 427. The highest BCUT2D eigenvalue weighted by Gasteiger charge is 2.27. The predicted molar refractivity (Wildman–Crippen MR) is 71.2 cm³/mol. The SMILES string of the molecule is C[NH+]1CCC(N(Cc2ccc(F)cc2)C(N)=O)CC1. The number of carbonyl (C=O) groups excluding carboxylic acids is 1. The molecule has 1 fully saturated rings. The minimum Gasteiger partial charge on any atom is -0.351 e. The number of halogens is 1. The first-order valence-electron chi connectivity index (χ1n) is 6.68. The first-order valence-corrected chi connectivity index (χ1v) is 6.68. The summed E-state index contributed by atoms with van der Waals surface area (Å²) in [6.45, 7) is 2.56. The molecule has 1 aliphatic heterocycles. The number of carbonyl (C=O) groups is 1. The maximum absolute atomic E-state index is 12.9. The van der Waals surface area contributed by atoms with Gasteiger partial charge in [0.1, 0.15) is 5.82 Å². The van der Waals surface area contributed by atoms with Gasteiger partial charge in [0.2, 0.25) is 0 Å². The van der Waals surface area contributed by atoms with E-state index in [0.717, 1.165) is 31.5 Å². The fourth-order valence-corrected chi connectivity index (χ4v) is 2.58. The number of nitrogens with two attached hydrogens (primary N) is 1. The number of nitrogens with one attached hydrogen (secondary N) is 1. The summed E-state index contributed by atoms with van der Waals surface area (Å²) < 4.78 is 12.9. The van der Waals surface area contributed by atoms with Gasteiger partial charge in [0.25, 0.3) is 0 Å². The van der Waals surface area contributed by atoms with Gasteiger partial charge in [0.15, 0.2) is 0 Å². The summed E-state index contributed by atoms with van der Waals surface area (Å²) >= 11 is 0. The van der Waals surface area contributed by atoms with Crippen LogP contribution in [0, 0.1) is 5.82 Å². The molecule has 1 aromatic carbocycles. The molecule has 2 amide bonds. The Balaban J connectivity index is 2.04. The topological polar surface area (TPSA) is 50.8 Å². The van der Waals surface area contributed by atoms with Crippen molar-refractivity contribution in [3.63, 3.8) is 0 Å². The van der Waals surface area contributed by atoms with Crippen LogP contribution < -0.4 is 10.6 Å². The van der Waals surface area contributed by atoms with E-state index in [0.29, 0.717) is 6.54 Å². The van der Waals surface area contributed by atoms with Crippen LogP contribution in [-0.4, -0.2) is 37.1 Å². The zero-order valence-corrected chi connectivity index (χ0v) is 11.2. The average molecular weight is 266 g/mol. The molecule has 0 unspecified atom stereocenters. The van der Waals surface area contributed by atoms with Gasteiger partial charge in [-0.15, -0.1) is 0 Å². The van der Waals surface area contributed by atoms with Crippen LogP contribution in [0.3, 0.4) is 0 Å². The van der Waals surface area contributed by atoms with Crippen molar-refractivity contribution < 1.29 is 14.1 Å². The number of nitrogens with zero attached hydrogens (tertiary/aromatic N) is 1. The number of amides is 2. The van der Waals surface area contributed by atoms with Gasteiger partial charge in [-0.2, -0.15) is 0 Å². The smallest absolute Gasteiger partial charge is 0.315 e. The minimum absolute atomic E-state index is 0.200. The Hall–Kier alpha value is -1.62. The second kappa shape index (κ2) is 6.02. The van der Waals surface area contributed by atoms with Crippen molar-refractivity contribution in [3.8, 4) is 0 Å². The molecule has 1 aliphatic rings. The zero-order chi connectivity index (χ0) is 13.8. The lowest BCUT2D eigenvalue weighted by Crippen LogP contribution is -3.10. The van der Waals surface area contributed by atoms with Crippen LogP contribution in [0.2, 0.25) is 0 Å². The number of primary amides is 1. The zero-order valence-electron chi connectivity index (χ0n) is 11.2. The van der Waals surface area contributed by atoms with Gasteiger partial charge in [-0.1, -0.05) is 12.1 Å². The summed E-state index contributed by atoms with van der Waals surface area (Å²) in [4.78, 5) is 14.8. The second-order valence-corrected chi connectivity index (χ2v) is 5.28. The number of hydrogen-bond acceptors (Lipinski definition) is 1. The highest BCUT2D eigenvalue weighted by Crippen LogP contribution is 2.14. The standard InChI is InChI=1S/C14H20FN3O/c1-17-8-6-13(7-9-17)18(14(16)19)10-11-2-4-12(15)5-3-11/h2-5,13H,6-10H2,1H3,(H2,16,19)/p+1. The maximum Gasteiger partial charge on any atom is 0.315 e. The van der Waals surface area contributed by atoms with Crippen molar-refractivity contribution in [1.82, 2.24) is 4.90 Å². The second-order valence-electron chi connectivity index (χ2n) is 5.28. The summed E-state index contributed by atoms with van der Waals surface area (Å²) in [5.41, 5.74) is 6.39. The van der Waals surface area contributed by atoms with E-state index in [9.17, 15) is 9.18 Å². The van der Waals surface area contributed by atoms with Crippen molar-refractivity contribution >= 4 is 6.03 Å². The quantitative estimate of drug-likeness (QED) is 0.816. The average Bonchev–Trinajstić information content (AvgIpc) is 2.39. The first kappa shape index (κ1) is 13.8. The van der Waals surface area contributed by atoms with E-state index in [1.807, 2.05) is 0 Å². The van der Waals surface area contributed by atoms with E-state index >= 15 is 0 Å². The summed E-state index contributed by atoms with van der Waals surface area (Å²) in [6.07, 6.45) is 1.94.